The number of nitrogens with zero attached hydrogens (tertiary/aromatic N) is 6. The molecule has 1 aliphatic rings. The van der Waals surface area contributed by atoms with Gasteiger partial charge in [0.25, 0.3) is 0 Å². The summed E-state index contributed by atoms with van der Waals surface area (Å²) in [5.74, 6) is 0. The SMILES string of the molecule is N#CCC[C@@H](Nc1c(C#N)cnc2c(Cl)cc(N[C@H](c3cn(C4COC4)nn3)c3ccccc3Cl)cc12)c1ccccc1. The fraction of sp³-hybridized carbons (Fsp3) is 0.219. The third kappa shape index (κ3) is 5.97. The van der Waals surface area contributed by atoms with E-state index in [0.717, 1.165) is 11.1 Å². The van der Waals surface area contributed by atoms with Gasteiger partial charge in [0.1, 0.15) is 17.8 Å². The normalized spacial score (nSPS) is 14.3. The van der Waals surface area contributed by atoms with Gasteiger partial charge < -0.3 is 15.4 Å². The molecule has 43 heavy (non-hydrogen) atoms. The summed E-state index contributed by atoms with van der Waals surface area (Å²) in [4.78, 5) is 4.51. The third-order valence-corrected chi connectivity index (χ3v) is 8.09. The number of nitriles is 2. The molecule has 1 aliphatic heterocycles. The summed E-state index contributed by atoms with van der Waals surface area (Å²) in [5.41, 5.74) is 4.69. The zero-order valence-electron chi connectivity index (χ0n) is 22.9. The monoisotopic (exact) mass is 608 g/mol. The molecule has 3 heterocycles. The molecule has 2 aromatic heterocycles. The maximum Gasteiger partial charge on any atom is 0.110 e. The highest BCUT2D eigenvalue weighted by Crippen LogP contribution is 2.38. The third-order valence-electron chi connectivity index (χ3n) is 7.46. The summed E-state index contributed by atoms with van der Waals surface area (Å²) in [6, 6.07) is 25.1. The fourth-order valence-corrected chi connectivity index (χ4v) is 5.65. The molecule has 0 radical (unpaired) electrons. The second-order valence-electron chi connectivity index (χ2n) is 10.2. The van der Waals surface area contributed by atoms with Gasteiger partial charge in [-0.25, -0.2) is 4.68 Å². The number of rotatable bonds is 10. The molecule has 2 atom stereocenters. The topological polar surface area (TPSA) is 124 Å². The molecule has 0 spiro atoms. The van der Waals surface area contributed by atoms with Crippen LogP contribution in [0.25, 0.3) is 10.9 Å². The van der Waals surface area contributed by atoms with E-state index in [0.29, 0.717) is 69.6 Å². The number of ether oxygens (including phenoxy) is 1. The fourth-order valence-electron chi connectivity index (χ4n) is 5.14. The predicted octanol–water partition coefficient (Wildman–Crippen LogP) is 7.23. The highest BCUT2D eigenvalue weighted by molar-refractivity contribution is 6.36. The Morgan fingerprint density at radius 3 is 2.51 bits per heavy atom. The van der Waals surface area contributed by atoms with E-state index in [1.54, 1.807) is 6.07 Å². The largest absolute Gasteiger partial charge is 0.377 e. The maximum absolute atomic E-state index is 10.0. The van der Waals surface area contributed by atoms with Crippen LogP contribution >= 0.6 is 23.2 Å². The number of fused-ring (bicyclic) bond motifs is 1. The molecule has 5 aromatic rings. The van der Waals surface area contributed by atoms with Gasteiger partial charge in [0.05, 0.1) is 59.4 Å². The van der Waals surface area contributed by atoms with Crippen molar-refractivity contribution in [1.29, 1.82) is 10.5 Å². The molecular formula is C32H26Cl2N8O. The van der Waals surface area contributed by atoms with Crippen LogP contribution < -0.4 is 10.6 Å². The maximum atomic E-state index is 10.0. The summed E-state index contributed by atoms with van der Waals surface area (Å²) < 4.78 is 7.14. The Morgan fingerprint density at radius 2 is 1.79 bits per heavy atom. The Balaban J connectivity index is 1.43. The number of nitrogens with one attached hydrogen (secondary N) is 2. The van der Waals surface area contributed by atoms with Crippen molar-refractivity contribution in [3.63, 3.8) is 0 Å². The van der Waals surface area contributed by atoms with E-state index in [1.165, 1.54) is 6.20 Å². The zero-order chi connectivity index (χ0) is 29.8. The molecular weight excluding hydrogens is 583 g/mol. The van der Waals surface area contributed by atoms with Crippen molar-refractivity contribution in [3.8, 4) is 12.1 Å². The van der Waals surface area contributed by atoms with Crippen LogP contribution in [0.2, 0.25) is 10.0 Å². The van der Waals surface area contributed by atoms with Crippen LogP contribution in [0.15, 0.2) is 79.1 Å². The van der Waals surface area contributed by atoms with Gasteiger partial charge in [-0.3, -0.25) is 4.98 Å². The second-order valence-corrected chi connectivity index (χ2v) is 11.0. The molecule has 0 amide bonds. The van der Waals surface area contributed by atoms with E-state index in [2.05, 4.69) is 38.1 Å². The van der Waals surface area contributed by atoms with E-state index in [-0.39, 0.29) is 12.1 Å². The molecule has 0 aliphatic carbocycles. The molecule has 6 rings (SSSR count). The van der Waals surface area contributed by atoms with Gasteiger partial charge in [-0.1, -0.05) is 76.9 Å². The first-order chi connectivity index (χ1) is 21.1. The highest BCUT2D eigenvalue weighted by atomic mass is 35.5. The Hall–Kier alpha value is -4.67. The van der Waals surface area contributed by atoms with Crippen molar-refractivity contribution < 1.29 is 4.74 Å². The van der Waals surface area contributed by atoms with Gasteiger partial charge in [0.2, 0.25) is 0 Å². The summed E-state index contributed by atoms with van der Waals surface area (Å²) in [5, 5.41) is 36.9. The number of anilines is 2. The predicted molar refractivity (Wildman–Crippen MR) is 166 cm³/mol. The Kier molecular flexibility index (Phi) is 8.39. The zero-order valence-corrected chi connectivity index (χ0v) is 24.4. The van der Waals surface area contributed by atoms with Gasteiger partial charge in [-0.2, -0.15) is 10.5 Å². The quantitative estimate of drug-likeness (QED) is 0.170. The van der Waals surface area contributed by atoms with Crippen LogP contribution in [-0.2, 0) is 4.74 Å². The van der Waals surface area contributed by atoms with Crippen molar-refractivity contribution in [1.82, 2.24) is 20.0 Å². The smallest absolute Gasteiger partial charge is 0.110 e. The van der Waals surface area contributed by atoms with Crippen molar-refractivity contribution in [3.05, 3.63) is 112 Å². The number of hydrogen-bond donors (Lipinski definition) is 2. The average Bonchev–Trinajstić information content (AvgIpc) is 3.47. The average molecular weight is 610 g/mol. The standard InChI is InChI=1S/C32H26Cl2N8O/c33-26-10-5-4-9-24(26)32(29-17-42(41-40-29)23-18-43-19-23)38-22-13-25-30(21(15-36)16-37-31(25)27(34)14-22)39-28(11-6-12-35)20-7-2-1-3-8-20/h1-5,7-10,13-14,16-17,23,28,32,38H,6,11,18-19H2,(H,37,39)/t28-,32+/m1/s1. The number of halogens is 2. The Bertz CT molecular complexity index is 1840. The van der Waals surface area contributed by atoms with Gasteiger partial charge in [-0.15, -0.1) is 5.10 Å². The van der Waals surface area contributed by atoms with Gasteiger partial charge in [0.15, 0.2) is 0 Å². The van der Waals surface area contributed by atoms with E-state index in [1.807, 2.05) is 71.5 Å². The molecule has 2 N–H and O–H groups in total. The summed E-state index contributed by atoms with van der Waals surface area (Å²) in [6.45, 7) is 1.19. The van der Waals surface area contributed by atoms with Crippen LogP contribution in [0.4, 0.5) is 11.4 Å². The van der Waals surface area contributed by atoms with E-state index in [4.69, 9.17) is 27.9 Å². The first-order valence-corrected chi connectivity index (χ1v) is 14.5. The van der Waals surface area contributed by atoms with E-state index in [9.17, 15) is 10.5 Å². The van der Waals surface area contributed by atoms with Gasteiger partial charge >= 0.3 is 0 Å². The first kappa shape index (κ1) is 28.4. The van der Waals surface area contributed by atoms with Gasteiger partial charge in [0, 0.05) is 28.7 Å². The van der Waals surface area contributed by atoms with Crippen LogP contribution in [0, 0.1) is 22.7 Å². The van der Waals surface area contributed by atoms with Crippen molar-refractivity contribution in [2.24, 2.45) is 0 Å². The van der Waals surface area contributed by atoms with Crippen molar-refractivity contribution >= 4 is 45.5 Å². The molecule has 0 saturated carbocycles. The van der Waals surface area contributed by atoms with Crippen LogP contribution in [-0.4, -0.2) is 33.2 Å². The van der Waals surface area contributed by atoms with Crippen LogP contribution in [0.5, 0.6) is 0 Å². The van der Waals surface area contributed by atoms with E-state index < -0.39 is 6.04 Å². The molecule has 214 valence electrons. The van der Waals surface area contributed by atoms with Crippen molar-refractivity contribution in [2.45, 2.75) is 31.0 Å². The van der Waals surface area contributed by atoms with Crippen molar-refractivity contribution in [2.75, 3.05) is 23.8 Å². The lowest BCUT2D eigenvalue weighted by atomic mass is 10.00. The van der Waals surface area contributed by atoms with E-state index >= 15 is 0 Å². The molecule has 9 nitrogen and oxygen atoms in total. The summed E-state index contributed by atoms with van der Waals surface area (Å²) in [7, 11) is 0. The van der Waals surface area contributed by atoms with Crippen LogP contribution in [0.3, 0.4) is 0 Å². The number of hydrogen-bond acceptors (Lipinski definition) is 8. The Labute approximate surface area is 258 Å². The minimum absolute atomic E-state index is 0.144. The Morgan fingerprint density at radius 1 is 1.00 bits per heavy atom. The van der Waals surface area contributed by atoms with Gasteiger partial charge in [-0.05, 0) is 35.7 Å². The minimum atomic E-state index is -0.451. The molecule has 0 bridgehead atoms. The number of aromatic nitrogens is 4. The molecule has 11 heteroatoms. The lowest BCUT2D eigenvalue weighted by Crippen LogP contribution is -2.31. The molecule has 3 aromatic carbocycles. The summed E-state index contributed by atoms with van der Waals surface area (Å²) in [6.07, 6.45) is 4.32. The second kappa shape index (κ2) is 12.7. The van der Waals surface area contributed by atoms with Crippen LogP contribution in [0.1, 0.15) is 53.4 Å². The molecule has 1 saturated heterocycles. The lowest BCUT2D eigenvalue weighted by molar-refractivity contribution is -0.0293. The summed E-state index contributed by atoms with van der Waals surface area (Å²) >= 11 is 13.5. The molecule has 1 fully saturated rings. The molecule has 0 unspecified atom stereocenters. The number of benzene rings is 3. The number of pyridine rings is 1. The first-order valence-electron chi connectivity index (χ1n) is 13.8. The lowest BCUT2D eigenvalue weighted by Gasteiger charge is -2.25. The highest BCUT2D eigenvalue weighted by Gasteiger charge is 2.26. The minimum Gasteiger partial charge on any atom is -0.377 e.